The van der Waals surface area contributed by atoms with Crippen LogP contribution in [0.5, 0.6) is 0 Å². The van der Waals surface area contributed by atoms with E-state index in [1.807, 2.05) is 19.2 Å². The van der Waals surface area contributed by atoms with Crippen LogP contribution in [0.3, 0.4) is 0 Å². The fourth-order valence-corrected chi connectivity index (χ4v) is 3.26. The molecule has 6 heteroatoms. The third-order valence-corrected chi connectivity index (χ3v) is 4.47. The van der Waals surface area contributed by atoms with Gasteiger partial charge in [0, 0.05) is 52.2 Å². The van der Waals surface area contributed by atoms with Crippen molar-refractivity contribution in [2.75, 3.05) is 53.0 Å². The van der Waals surface area contributed by atoms with E-state index in [2.05, 4.69) is 20.1 Å². The van der Waals surface area contributed by atoms with Crippen molar-refractivity contribution in [1.29, 1.82) is 0 Å². The Labute approximate surface area is 132 Å². The molecule has 0 aromatic carbocycles. The molecule has 0 aliphatic carbocycles. The van der Waals surface area contributed by atoms with Gasteiger partial charge in [0.2, 0.25) is 0 Å². The first kappa shape index (κ1) is 15.4. The molecule has 3 heterocycles. The van der Waals surface area contributed by atoms with E-state index < -0.39 is 0 Å². The molecule has 1 aromatic rings. The van der Waals surface area contributed by atoms with Crippen molar-refractivity contribution >= 4 is 5.96 Å². The number of likely N-dealkylation sites (tertiary alicyclic amines) is 1. The fourth-order valence-electron chi connectivity index (χ4n) is 3.26. The van der Waals surface area contributed by atoms with Gasteiger partial charge in [0.1, 0.15) is 5.76 Å². The summed E-state index contributed by atoms with van der Waals surface area (Å²) in [5.41, 5.74) is 0. The first-order valence-corrected chi connectivity index (χ1v) is 8.16. The van der Waals surface area contributed by atoms with Crippen LogP contribution in [0, 0.1) is 0 Å². The number of morpholine rings is 1. The molecule has 2 aliphatic heterocycles. The Morgan fingerprint density at radius 1 is 1.36 bits per heavy atom. The summed E-state index contributed by atoms with van der Waals surface area (Å²) < 4.78 is 10.8. The van der Waals surface area contributed by atoms with E-state index in [-0.39, 0.29) is 0 Å². The number of aliphatic imine (C=N–C) groups is 1. The third kappa shape index (κ3) is 3.81. The highest BCUT2D eigenvalue weighted by Crippen LogP contribution is 2.17. The molecular weight excluding hydrogens is 280 g/mol. The van der Waals surface area contributed by atoms with Crippen molar-refractivity contribution in [3.05, 3.63) is 24.2 Å². The number of ether oxygens (including phenoxy) is 1. The van der Waals surface area contributed by atoms with Crippen LogP contribution in [0.2, 0.25) is 0 Å². The summed E-state index contributed by atoms with van der Waals surface area (Å²) in [4.78, 5) is 9.34. The number of nitrogens with one attached hydrogen (secondary N) is 1. The van der Waals surface area contributed by atoms with Gasteiger partial charge in [0.15, 0.2) is 5.96 Å². The molecule has 0 spiro atoms. The standard InChI is InChI=1S/C16H26N4O2/c1-17-16(18-6-4-15-3-2-10-22-15)20-7-5-14(13-20)19-8-11-21-12-9-19/h2-3,10,14H,4-9,11-13H2,1H3,(H,17,18). The molecule has 1 unspecified atom stereocenters. The summed E-state index contributed by atoms with van der Waals surface area (Å²) in [6.07, 6.45) is 3.81. The van der Waals surface area contributed by atoms with Gasteiger partial charge in [-0.05, 0) is 18.6 Å². The van der Waals surface area contributed by atoms with Gasteiger partial charge in [-0.25, -0.2) is 0 Å². The number of guanidine groups is 1. The van der Waals surface area contributed by atoms with Crippen molar-refractivity contribution in [1.82, 2.24) is 15.1 Å². The van der Waals surface area contributed by atoms with E-state index in [9.17, 15) is 0 Å². The molecule has 0 bridgehead atoms. The quantitative estimate of drug-likeness (QED) is 0.659. The summed E-state index contributed by atoms with van der Waals surface area (Å²) >= 11 is 0. The van der Waals surface area contributed by atoms with Crippen molar-refractivity contribution in [3.63, 3.8) is 0 Å². The number of rotatable bonds is 4. The Kier molecular flexibility index (Phi) is 5.34. The van der Waals surface area contributed by atoms with Gasteiger partial charge in [0.25, 0.3) is 0 Å². The zero-order valence-corrected chi connectivity index (χ0v) is 13.3. The number of hydrogen-bond acceptors (Lipinski definition) is 4. The average molecular weight is 306 g/mol. The molecule has 2 fully saturated rings. The van der Waals surface area contributed by atoms with Crippen LogP contribution >= 0.6 is 0 Å². The first-order valence-electron chi connectivity index (χ1n) is 8.16. The van der Waals surface area contributed by atoms with Crippen LogP contribution < -0.4 is 5.32 Å². The lowest BCUT2D eigenvalue weighted by molar-refractivity contribution is 0.0195. The maximum absolute atomic E-state index is 5.44. The molecule has 2 aliphatic rings. The highest BCUT2D eigenvalue weighted by molar-refractivity contribution is 5.80. The minimum atomic E-state index is 0.632. The lowest BCUT2D eigenvalue weighted by atomic mass is 10.2. The van der Waals surface area contributed by atoms with Crippen LogP contribution in [0.4, 0.5) is 0 Å². The Hall–Kier alpha value is -1.53. The van der Waals surface area contributed by atoms with Crippen molar-refractivity contribution in [2.24, 2.45) is 4.99 Å². The Bertz CT molecular complexity index is 469. The monoisotopic (exact) mass is 306 g/mol. The third-order valence-electron chi connectivity index (χ3n) is 4.47. The van der Waals surface area contributed by atoms with Gasteiger partial charge < -0.3 is 19.4 Å². The second kappa shape index (κ2) is 7.65. The SMILES string of the molecule is CN=C(NCCc1ccco1)N1CCC(N2CCOCC2)C1. The molecule has 1 N–H and O–H groups in total. The summed E-state index contributed by atoms with van der Waals surface area (Å²) in [5.74, 6) is 2.01. The molecule has 122 valence electrons. The van der Waals surface area contributed by atoms with Crippen LogP contribution in [0.25, 0.3) is 0 Å². The summed E-state index contributed by atoms with van der Waals surface area (Å²) in [6, 6.07) is 4.57. The number of hydrogen-bond donors (Lipinski definition) is 1. The summed E-state index contributed by atoms with van der Waals surface area (Å²) in [6.45, 7) is 6.83. The van der Waals surface area contributed by atoms with Crippen LogP contribution in [0.15, 0.2) is 27.8 Å². The highest BCUT2D eigenvalue weighted by atomic mass is 16.5. The highest BCUT2D eigenvalue weighted by Gasteiger charge is 2.30. The topological polar surface area (TPSA) is 53.2 Å². The van der Waals surface area contributed by atoms with Crippen molar-refractivity contribution < 1.29 is 9.15 Å². The summed E-state index contributed by atoms with van der Waals surface area (Å²) in [7, 11) is 1.86. The minimum absolute atomic E-state index is 0.632. The Morgan fingerprint density at radius 3 is 2.95 bits per heavy atom. The van der Waals surface area contributed by atoms with E-state index in [0.717, 1.165) is 64.1 Å². The van der Waals surface area contributed by atoms with Gasteiger partial charge in [0.05, 0.1) is 19.5 Å². The van der Waals surface area contributed by atoms with Gasteiger partial charge in [-0.3, -0.25) is 9.89 Å². The Balaban J connectivity index is 1.45. The van der Waals surface area contributed by atoms with Crippen LogP contribution in [0.1, 0.15) is 12.2 Å². The van der Waals surface area contributed by atoms with Gasteiger partial charge in [-0.2, -0.15) is 0 Å². The second-order valence-electron chi connectivity index (χ2n) is 5.84. The van der Waals surface area contributed by atoms with Gasteiger partial charge in [-0.1, -0.05) is 0 Å². The molecule has 6 nitrogen and oxygen atoms in total. The van der Waals surface area contributed by atoms with Gasteiger partial charge in [-0.15, -0.1) is 0 Å². The zero-order chi connectivity index (χ0) is 15.2. The van der Waals surface area contributed by atoms with Crippen molar-refractivity contribution in [2.45, 2.75) is 18.9 Å². The predicted octanol–water partition coefficient (Wildman–Crippen LogP) is 0.804. The maximum atomic E-state index is 5.44. The normalized spacial score (nSPS) is 24.0. The van der Waals surface area contributed by atoms with Crippen LogP contribution in [-0.4, -0.2) is 74.8 Å². The molecular formula is C16H26N4O2. The second-order valence-corrected chi connectivity index (χ2v) is 5.84. The minimum Gasteiger partial charge on any atom is -0.469 e. The van der Waals surface area contributed by atoms with E-state index >= 15 is 0 Å². The zero-order valence-electron chi connectivity index (χ0n) is 13.3. The van der Waals surface area contributed by atoms with Crippen LogP contribution in [-0.2, 0) is 11.2 Å². The van der Waals surface area contributed by atoms with E-state index in [1.165, 1.54) is 6.42 Å². The average Bonchev–Trinajstić information content (AvgIpc) is 3.24. The Morgan fingerprint density at radius 2 is 2.23 bits per heavy atom. The lowest BCUT2D eigenvalue weighted by Gasteiger charge is -2.32. The van der Waals surface area contributed by atoms with E-state index in [0.29, 0.717) is 6.04 Å². The fraction of sp³-hybridized carbons (Fsp3) is 0.688. The first-order chi connectivity index (χ1) is 10.9. The number of nitrogens with zero attached hydrogens (tertiary/aromatic N) is 3. The smallest absolute Gasteiger partial charge is 0.193 e. The maximum Gasteiger partial charge on any atom is 0.193 e. The van der Waals surface area contributed by atoms with Crippen molar-refractivity contribution in [3.8, 4) is 0 Å². The molecule has 1 atom stereocenters. The molecule has 0 saturated carbocycles. The summed E-state index contributed by atoms with van der Waals surface area (Å²) in [5, 5.41) is 3.45. The molecule has 2 saturated heterocycles. The molecule has 0 amide bonds. The largest absolute Gasteiger partial charge is 0.469 e. The molecule has 1 aromatic heterocycles. The molecule has 3 rings (SSSR count). The molecule has 0 radical (unpaired) electrons. The van der Waals surface area contributed by atoms with E-state index in [4.69, 9.17) is 9.15 Å². The van der Waals surface area contributed by atoms with Gasteiger partial charge >= 0.3 is 0 Å². The van der Waals surface area contributed by atoms with E-state index in [1.54, 1.807) is 6.26 Å². The molecule has 22 heavy (non-hydrogen) atoms. The predicted molar refractivity (Wildman–Crippen MR) is 86.1 cm³/mol. The lowest BCUT2D eigenvalue weighted by Crippen LogP contribution is -2.46. The number of furan rings is 1.